The predicted molar refractivity (Wildman–Crippen MR) is 99.5 cm³/mol. The van der Waals surface area contributed by atoms with Crippen molar-refractivity contribution < 1.29 is 27.0 Å². The number of benzene rings is 2. The van der Waals surface area contributed by atoms with Crippen LogP contribution in [0, 0.1) is 29.2 Å². The van der Waals surface area contributed by atoms with Crippen LogP contribution in [-0.2, 0) is 4.74 Å². The van der Waals surface area contributed by atoms with Gasteiger partial charge < -0.3 is 9.47 Å². The van der Waals surface area contributed by atoms with Gasteiger partial charge in [-0.1, -0.05) is 12.1 Å². The first-order chi connectivity index (χ1) is 13.5. The third-order valence-corrected chi connectivity index (χ3v) is 5.69. The molecule has 2 aromatic rings. The summed E-state index contributed by atoms with van der Waals surface area (Å²) in [5.74, 6) is -4.43. The van der Waals surface area contributed by atoms with E-state index >= 15 is 0 Å². The minimum absolute atomic E-state index is 0.0696. The maximum absolute atomic E-state index is 14.8. The van der Waals surface area contributed by atoms with Gasteiger partial charge in [-0.3, -0.25) is 0 Å². The molecule has 0 saturated heterocycles. The highest BCUT2D eigenvalue weighted by Crippen LogP contribution is 2.40. The zero-order valence-electron chi connectivity index (χ0n) is 16.0. The maximum Gasteiger partial charge on any atom is 0.201 e. The Morgan fingerprint density at radius 1 is 0.786 bits per heavy atom. The molecule has 0 bridgehead atoms. The standard InChI is InChI=1S/C22H24F4O2/c1-27-12-11-13-3-5-14(6-4-13)15-7-8-16(20(24)19(15)23)17-9-10-18(28-2)22(26)21(17)25/h7-10,13-14H,3-6,11-12H2,1-2H3. The smallest absolute Gasteiger partial charge is 0.201 e. The van der Waals surface area contributed by atoms with Gasteiger partial charge in [0, 0.05) is 24.8 Å². The Morgan fingerprint density at radius 3 is 2.00 bits per heavy atom. The number of hydrogen-bond acceptors (Lipinski definition) is 2. The van der Waals surface area contributed by atoms with Crippen molar-refractivity contribution in [3.8, 4) is 16.9 Å². The van der Waals surface area contributed by atoms with Crippen molar-refractivity contribution in [2.45, 2.75) is 38.0 Å². The second kappa shape index (κ2) is 8.95. The largest absolute Gasteiger partial charge is 0.494 e. The summed E-state index contributed by atoms with van der Waals surface area (Å²) < 4.78 is 67.6. The number of methoxy groups -OCH3 is 2. The van der Waals surface area contributed by atoms with Gasteiger partial charge in [0.2, 0.25) is 5.82 Å². The number of halogens is 4. The highest BCUT2D eigenvalue weighted by Gasteiger charge is 2.27. The van der Waals surface area contributed by atoms with Gasteiger partial charge in [-0.05, 0) is 61.6 Å². The van der Waals surface area contributed by atoms with E-state index < -0.39 is 23.3 Å². The Balaban J connectivity index is 1.84. The zero-order valence-corrected chi connectivity index (χ0v) is 16.0. The van der Waals surface area contributed by atoms with Crippen molar-refractivity contribution in [2.24, 2.45) is 5.92 Å². The summed E-state index contributed by atoms with van der Waals surface area (Å²) in [6.45, 7) is 0.705. The van der Waals surface area contributed by atoms with Crippen LogP contribution in [0.5, 0.6) is 5.75 Å². The minimum atomic E-state index is -1.26. The van der Waals surface area contributed by atoms with Gasteiger partial charge in [-0.25, -0.2) is 13.2 Å². The number of hydrogen-bond donors (Lipinski definition) is 0. The van der Waals surface area contributed by atoms with Crippen molar-refractivity contribution in [3.63, 3.8) is 0 Å². The minimum Gasteiger partial charge on any atom is -0.494 e. The summed E-state index contributed by atoms with van der Waals surface area (Å²) in [5, 5.41) is 0. The first kappa shape index (κ1) is 20.6. The quantitative estimate of drug-likeness (QED) is 0.539. The monoisotopic (exact) mass is 396 g/mol. The molecule has 3 rings (SSSR count). The highest BCUT2D eigenvalue weighted by atomic mass is 19.2. The second-order valence-corrected chi connectivity index (χ2v) is 7.27. The van der Waals surface area contributed by atoms with Crippen molar-refractivity contribution in [1.82, 2.24) is 0 Å². The summed E-state index contributed by atoms with van der Waals surface area (Å²) in [7, 11) is 2.87. The van der Waals surface area contributed by atoms with Crippen molar-refractivity contribution >= 4 is 0 Å². The van der Waals surface area contributed by atoms with Crippen molar-refractivity contribution in [1.29, 1.82) is 0 Å². The average molecular weight is 396 g/mol. The van der Waals surface area contributed by atoms with E-state index in [0.29, 0.717) is 18.1 Å². The zero-order chi connectivity index (χ0) is 20.3. The van der Waals surface area contributed by atoms with Crippen LogP contribution in [-0.4, -0.2) is 20.8 Å². The van der Waals surface area contributed by atoms with E-state index in [9.17, 15) is 17.6 Å². The summed E-state index contributed by atoms with van der Waals surface area (Å²) in [6.07, 6.45) is 4.40. The predicted octanol–water partition coefficient (Wildman–Crippen LogP) is 6.23. The highest BCUT2D eigenvalue weighted by molar-refractivity contribution is 5.66. The normalized spacial score (nSPS) is 19.6. The molecule has 1 saturated carbocycles. The van der Waals surface area contributed by atoms with Gasteiger partial charge in [-0.2, -0.15) is 4.39 Å². The Kier molecular flexibility index (Phi) is 6.60. The lowest BCUT2D eigenvalue weighted by molar-refractivity contribution is 0.162. The fourth-order valence-electron chi connectivity index (χ4n) is 4.03. The van der Waals surface area contributed by atoms with E-state index in [1.54, 1.807) is 7.11 Å². The topological polar surface area (TPSA) is 18.5 Å². The molecule has 2 nitrogen and oxygen atoms in total. The lowest BCUT2D eigenvalue weighted by Gasteiger charge is -2.29. The fraction of sp³-hybridized carbons (Fsp3) is 0.455. The fourth-order valence-corrected chi connectivity index (χ4v) is 4.03. The molecular weight excluding hydrogens is 372 g/mol. The first-order valence-corrected chi connectivity index (χ1v) is 9.47. The van der Waals surface area contributed by atoms with E-state index in [1.807, 2.05) is 0 Å². The van der Waals surface area contributed by atoms with Crippen LogP contribution in [0.4, 0.5) is 17.6 Å². The maximum atomic E-state index is 14.8. The molecule has 0 N–H and O–H groups in total. The summed E-state index contributed by atoms with van der Waals surface area (Å²) in [6, 6.07) is 5.21. The lowest BCUT2D eigenvalue weighted by atomic mass is 9.77. The molecule has 0 unspecified atom stereocenters. The molecule has 0 atom stereocenters. The van der Waals surface area contributed by atoms with E-state index in [-0.39, 0.29) is 22.8 Å². The van der Waals surface area contributed by atoms with E-state index in [1.165, 1.54) is 31.4 Å². The SMILES string of the molecule is COCCC1CCC(c2ccc(-c3ccc(OC)c(F)c3F)c(F)c2F)CC1. The van der Waals surface area contributed by atoms with Crippen molar-refractivity contribution in [2.75, 3.05) is 20.8 Å². The van der Waals surface area contributed by atoms with Gasteiger partial charge in [0.25, 0.3) is 0 Å². The second-order valence-electron chi connectivity index (χ2n) is 7.27. The molecule has 1 aliphatic carbocycles. The van der Waals surface area contributed by atoms with E-state index in [4.69, 9.17) is 9.47 Å². The molecule has 0 heterocycles. The van der Waals surface area contributed by atoms with Crippen LogP contribution in [0.15, 0.2) is 24.3 Å². The molecule has 0 spiro atoms. The molecule has 0 radical (unpaired) electrons. The van der Waals surface area contributed by atoms with Crippen LogP contribution >= 0.6 is 0 Å². The molecule has 0 aromatic heterocycles. The Morgan fingerprint density at radius 2 is 1.39 bits per heavy atom. The Bertz CT molecular complexity index is 830. The lowest BCUT2D eigenvalue weighted by Crippen LogP contribution is -2.16. The third-order valence-electron chi connectivity index (χ3n) is 5.69. The van der Waals surface area contributed by atoms with Crippen LogP contribution in [0.1, 0.15) is 43.6 Å². The van der Waals surface area contributed by atoms with E-state index in [2.05, 4.69) is 0 Å². The average Bonchev–Trinajstić information content (AvgIpc) is 2.71. The van der Waals surface area contributed by atoms with Crippen LogP contribution in [0.25, 0.3) is 11.1 Å². The molecule has 1 fully saturated rings. The van der Waals surface area contributed by atoms with Crippen LogP contribution in [0.2, 0.25) is 0 Å². The molecule has 28 heavy (non-hydrogen) atoms. The van der Waals surface area contributed by atoms with Crippen LogP contribution in [0.3, 0.4) is 0 Å². The van der Waals surface area contributed by atoms with Crippen molar-refractivity contribution in [3.05, 3.63) is 53.1 Å². The number of ether oxygens (including phenoxy) is 2. The van der Waals surface area contributed by atoms with Gasteiger partial charge >= 0.3 is 0 Å². The molecule has 152 valence electrons. The van der Waals surface area contributed by atoms with Gasteiger partial charge in [-0.15, -0.1) is 0 Å². The first-order valence-electron chi connectivity index (χ1n) is 9.47. The van der Waals surface area contributed by atoms with E-state index in [0.717, 1.165) is 32.1 Å². The molecular formula is C22H24F4O2. The molecule has 1 aliphatic rings. The van der Waals surface area contributed by atoms with Gasteiger partial charge in [0.05, 0.1) is 7.11 Å². The third kappa shape index (κ3) is 4.02. The summed E-state index contributed by atoms with van der Waals surface area (Å²) >= 11 is 0. The Labute approximate surface area is 162 Å². The number of rotatable bonds is 6. The summed E-state index contributed by atoms with van der Waals surface area (Å²) in [5.41, 5.74) is -0.320. The van der Waals surface area contributed by atoms with Gasteiger partial charge in [0.15, 0.2) is 23.2 Å². The molecule has 0 aliphatic heterocycles. The van der Waals surface area contributed by atoms with Gasteiger partial charge in [0.1, 0.15) is 0 Å². The Hall–Kier alpha value is -2.08. The molecule has 2 aromatic carbocycles. The molecule has 6 heteroatoms. The summed E-state index contributed by atoms with van der Waals surface area (Å²) in [4.78, 5) is 0. The molecule has 0 amide bonds. The van der Waals surface area contributed by atoms with Crippen LogP contribution < -0.4 is 4.74 Å².